The Kier molecular flexibility index (Phi) is 6.79. The fourth-order valence-electron chi connectivity index (χ4n) is 3.96. The number of aliphatic hydroxyl groups is 1. The summed E-state index contributed by atoms with van der Waals surface area (Å²) in [5, 5.41) is 11.7. The highest BCUT2D eigenvalue weighted by Gasteiger charge is 2.48. The molecule has 3 aromatic rings. The molecule has 35 heavy (non-hydrogen) atoms. The van der Waals surface area contributed by atoms with E-state index in [1.54, 1.807) is 42.5 Å². The molecule has 9 heteroatoms. The van der Waals surface area contributed by atoms with Crippen LogP contribution in [0.3, 0.4) is 0 Å². The summed E-state index contributed by atoms with van der Waals surface area (Å²) >= 11 is 1.32. The smallest absolute Gasteiger partial charge is 0.301 e. The number of hydrogen-bond acceptors (Lipinski definition) is 8. The highest BCUT2D eigenvalue weighted by atomic mass is 32.1. The summed E-state index contributed by atoms with van der Waals surface area (Å²) in [7, 11) is 3.03. The van der Waals surface area contributed by atoms with Crippen LogP contribution in [0.4, 0.5) is 5.13 Å². The lowest BCUT2D eigenvalue weighted by molar-refractivity contribution is -0.132. The van der Waals surface area contributed by atoms with Crippen molar-refractivity contribution in [2.75, 3.05) is 25.7 Å². The van der Waals surface area contributed by atoms with Gasteiger partial charge in [0.1, 0.15) is 11.5 Å². The monoisotopic (exact) mass is 494 g/mol. The summed E-state index contributed by atoms with van der Waals surface area (Å²) in [6, 6.07) is 10.9. The number of nitrogens with zero attached hydrogens (tertiary/aromatic N) is 2. The molecule has 8 nitrogen and oxygen atoms in total. The fraction of sp³-hybridized carbons (Fsp3) is 0.269. The van der Waals surface area contributed by atoms with E-state index in [0.29, 0.717) is 40.1 Å². The van der Waals surface area contributed by atoms with E-state index in [2.05, 4.69) is 4.98 Å². The average molecular weight is 495 g/mol. The lowest BCUT2D eigenvalue weighted by Crippen LogP contribution is -2.29. The van der Waals surface area contributed by atoms with E-state index in [1.165, 1.54) is 30.5 Å². The molecule has 0 unspecified atom stereocenters. The number of amides is 1. The minimum absolute atomic E-state index is 0.0307. The summed E-state index contributed by atoms with van der Waals surface area (Å²) in [6.45, 7) is 6.12. The molecule has 1 atom stereocenters. The Bertz CT molecular complexity index is 1290. The maximum atomic E-state index is 13.3. The van der Waals surface area contributed by atoms with Gasteiger partial charge in [-0.1, -0.05) is 6.07 Å². The van der Waals surface area contributed by atoms with Gasteiger partial charge in [0.05, 0.1) is 38.1 Å². The van der Waals surface area contributed by atoms with Gasteiger partial charge in [-0.05, 0) is 62.7 Å². The van der Waals surface area contributed by atoms with Crippen LogP contribution >= 0.6 is 11.3 Å². The number of aromatic nitrogens is 1. The molecule has 1 saturated heterocycles. The molecule has 182 valence electrons. The first kappa shape index (κ1) is 24.3. The van der Waals surface area contributed by atoms with Crippen LogP contribution in [-0.4, -0.2) is 42.6 Å². The van der Waals surface area contributed by atoms with Crippen molar-refractivity contribution in [3.8, 4) is 17.2 Å². The van der Waals surface area contributed by atoms with Gasteiger partial charge < -0.3 is 19.3 Å². The number of ether oxygens (including phenoxy) is 3. The molecule has 0 bridgehead atoms. The second-order valence-electron chi connectivity index (χ2n) is 7.88. The van der Waals surface area contributed by atoms with E-state index >= 15 is 0 Å². The summed E-state index contributed by atoms with van der Waals surface area (Å²) in [6.07, 6.45) is 0. The van der Waals surface area contributed by atoms with Crippen molar-refractivity contribution in [2.45, 2.75) is 26.8 Å². The molecule has 1 fully saturated rings. The normalized spacial score (nSPS) is 17.1. The first-order valence-corrected chi connectivity index (χ1v) is 11.8. The summed E-state index contributed by atoms with van der Waals surface area (Å²) < 4.78 is 16.3. The zero-order chi connectivity index (χ0) is 25.3. The zero-order valence-corrected chi connectivity index (χ0v) is 20.9. The standard InChI is InChI=1S/C26H26N2O6S/c1-6-34-18-10-7-16(8-11-18)23(29)21-22(17-9-12-19(32-4)20(13-17)33-5)28(25(31)24(21)30)26-27-14(2)15(3)35-26/h7-13,22,29H,6H2,1-5H3/t22-/m1/s1. The third-order valence-corrected chi connectivity index (χ3v) is 6.90. The number of aliphatic hydroxyl groups excluding tert-OH is 1. The molecule has 0 radical (unpaired) electrons. The van der Waals surface area contributed by atoms with E-state index in [-0.39, 0.29) is 11.3 Å². The molecule has 1 aliphatic rings. The molecule has 1 N–H and O–H groups in total. The predicted octanol–water partition coefficient (Wildman–Crippen LogP) is 4.80. The van der Waals surface area contributed by atoms with Gasteiger partial charge in [0.25, 0.3) is 5.78 Å². The fourth-order valence-corrected chi connectivity index (χ4v) is 4.89. The quantitative estimate of drug-likeness (QED) is 0.286. The molecular weight excluding hydrogens is 468 g/mol. The van der Waals surface area contributed by atoms with Crippen LogP contribution < -0.4 is 19.1 Å². The number of carbonyl (C=O) groups excluding carboxylic acids is 2. The molecule has 2 aromatic carbocycles. The van der Waals surface area contributed by atoms with Crippen LogP contribution in [0, 0.1) is 13.8 Å². The van der Waals surface area contributed by atoms with Gasteiger partial charge >= 0.3 is 5.91 Å². The Morgan fingerprint density at radius 1 is 1.06 bits per heavy atom. The molecule has 4 rings (SSSR count). The maximum absolute atomic E-state index is 13.3. The lowest BCUT2D eigenvalue weighted by Gasteiger charge is -2.23. The van der Waals surface area contributed by atoms with Gasteiger partial charge in [-0.25, -0.2) is 4.98 Å². The van der Waals surface area contributed by atoms with Gasteiger partial charge in [-0.15, -0.1) is 11.3 Å². The van der Waals surface area contributed by atoms with Crippen molar-refractivity contribution < 1.29 is 28.9 Å². The Morgan fingerprint density at radius 2 is 1.74 bits per heavy atom. The van der Waals surface area contributed by atoms with Crippen LogP contribution in [0.15, 0.2) is 48.0 Å². The van der Waals surface area contributed by atoms with E-state index in [0.717, 1.165) is 10.6 Å². The molecule has 0 saturated carbocycles. The Balaban J connectivity index is 1.92. The van der Waals surface area contributed by atoms with Gasteiger partial charge in [0, 0.05) is 10.4 Å². The molecule has 1 aromatic heterocycles. The van der Waals surface area contributed by atoms with Gasteiger partial charge in [-0.2, -0.15) is 0 Å². The van der Waals surface area contributed by atoms with Crippen LogP contribution in [0.2, 0.25) is 0 Å². The van der Waals surface area contributed by atoms with E-state index < -0.39 is 17.7 Å². The number of ketones is 1. The first-order valence-electron chi connectivity index (χ1n) is 11.0. The number of aryl methyl sites for hydroxylation is 2. The Hall–Kier alpha value is -3.85. The topological polar surface area (TPSA) is 98.2 Å². The minimum Gasteiger partial charge on any atom is -0.507 e. The number of carbonyl (C=O) groups is 2. The SMILES string of the molecule is CCOc1ccc(C(O)=C2C(=O)C(=O)N(c3nc(C)c(C)s3)[C@@H]2c2ccc(OC)c(OC)c2)cc1. The van der Waals surface area contributed by atoms with Crippen LogP contribution in [0.5, 0.6) is 17.2 Å². The number of benzene rings is 2. The summed E-state index contributed by atoms with van der Waals surface area (Å²) in [5.41, 5.74) is 1.70. The highest BCUT2D eigenvalue weighted by molar-refractivity contribution is 7.16. The summed E-state index contributed by atoms with van der Waals surface area (Å²) in [5.74, 6) is -0.259. The van der Waals surface area contributed by atoms with Crippen LogP contribution in [0.1, 0.15) is 34.7 Å². The van der Waals surface area contributed by atoms with Gasteiger partial charge in [-0.3, -0.25) is 14.5 Å². The number of anilines is 1. The molecular formula is C26H26N2O6S. The van der Waals surface area contributed by atoms with Crippen molar-refractivity contribution >= 4 is 33.9 Å². The number of Topliss-reactive ketones (excluding diaryl/α,β-unsaturated/α-hetero) is 1. The number of thiazole rings is 1. The van der Waals surface area contributed by atoms with Crippen molar-refractivity contribution in [1.29, 1.82) is 0 Å². The first-order chi connectivity index (χ1) is 16.8. The number of rotatable bonds is 7. The highest BCUT2D eigenvalue weighted by Crippen LogP contribution is 2.45. The van der Waals surface area contributed by atoms with Crippen LogP contribution in [0.25, 0.3) is 5.76 Å². The van der Waals surface area contributed by atoms with Crippen molar-refractivity contribution in [3.63, 3.8) is 0 Å². The second kappa shape index (κ2) is 9.79. The molecule has 0 aliphatic carbocycles. The van der Waals surface area contributed by atoms with E-state index in [1.807, 2.05) is 20.8 Å². The van der Waals surface area contributed by atoms with E-state index in [4.69, 9.17) is 14.2 Å². The Morgan fingerprint density at radius 3 is 2.31 bits per heavy atom. The number of hydrogen-bond donors (Lipinski definition) is 1. The third-order valence-electron chi connectivity index (χ3n) is 5.83. The van der Waals surface area contributed by atoms with Crippen LogP contribution in [-0.2, 0) is 9.59 Å². The maximum Gasteiger partial charge on any atom is 0.301 e. The van der Waals surface area contributed by atoms with Gasteiger partial charge in [0.2, 0.25) is 0 Å². The largest absolute Gasteiger partial charge is 0.507 e. The van der Waals surface area contributed by atoms with Crippen molar-refractivity contribution in [3.05, 3.63) is 69.7 Å². The summed E-state index contributed by atoms with van der Waals surface area (Å²) in [4.78, 5) is 33.4. The molecule has 1 aliphatic heterocycles. The lowest BCUT2D eigenvalue weighted by atomic mass is 9.95. The molecule has 2 heterocycles. The average Bonchev–Trinajstić information content (AvgIpc) is 3.33. The number of methoxy groups -OCH3 is 2. The predicted molar refractivity (Wildman–Crippen MR) is 134 cm³/mol. The third kappa shape index (κ3) is 4.35. The van der Waals surface area contributed by atoms with Crippen molar-refractivity contribution in [2.24, 2.45) is 0 Å². The molecule has 1 amide bonds. The van der Waals surface area contributed by atoms with Crippen molar-refractivity contribution in [1.82, 2.24) is 4.98 Å². The second-order valence-corrected chi connectivity index (χ2v) is 9.06. The molecule has 0 spiro atoms. The zero-order valence-electron chi connectivity index (χ0n) is 20.1. The Labute approximate surface area is 207 Å². The van der Waals surface area contributed by atoms with Gasteiger partial charge in [0.15, 0.2) is 16.6 Å². The van der Waals surface area contributed by atoms with E-state index in [9.17, 15) is 14.7 Å². The minimum atomic E-state index is -0.911.